The van der Waals surface area contributed by atoms with E-state index in [4.69, 9.17) is 23.2 Å². The smallest absolute Gasteiger partial charge is 0.333 e. The first-order valence-electron chi connectivity index (χ1n) is 4.75. The summed E-state index contributed by atoms with van der Waals surface area (Å²) in [7, 11) is 1.24. The van der Waals surface area contributed by atoms with Gasteiger partial charge in [0.15, 0.2) is 6.04 Å². The quantitative estimate of drug-likeness (QED) is 0.862. The van der Waals surface area contributed by atoms with Gasteiger partial charge in [-0.15, -0.1) is 0 Å². The third-order valence-corrected chi connectivity index (χ3v) is 2.62. The fourth-order valence-corrected chi connectivity index (χ4v) is 1.84. The van der Waals surface area contributed by atoms with Gasteiger partial charge in [0.05, 0.1) is 7.11 Å². The minimum Gasteiger partial charge on any atom is -0.467 e. The molecule has 17 heavy (non-hydrogen) atoms. The van der Waals surface area contributed by atoms with Gasteiger partial charge in [0, 0.05) is 22.5 Å². The fraction of sp³-hybridized carbons (Fsp3) is 0.273. The molecule has 1 amide bonds. The van der Waals surface area contributed by atoms with Gasteiger partial charge in [-0.2, -0.15) is 0 Å². The molecule has 0 aliphatic heterocycles. The number of amides is 1. The van der Waals surface area contributed by atoms with Crippen molar-refractivity contribution in [1.82, 2.24) is 5.32 Å². The normalized spacial score (nSPS) is 11.8. The van der Waals surface area contributed by atoms with Gasteiger partial charge >= 0.3 is 5.97 Å². The number of hydrogen-bond donors (Lipinski definition) is 1. The maximum absolute atomic E-state index is 11.6. The molecule has 0 aliphatic carbocycles. The van der Waals surface area contributed by atoms with Gasteiger partial charge in [0.1, 0.15) is 0 Å². The van der Waals surface area contributed by atoms with Gasteiger partial charge in [0.2, 0.25) is 5.91 Å². The maximum Gasteiger partial charge on any atom is 0.333 e. The van der Waals surface area contributed by atoms with Crippen LogP contribution < -0.4 is 5.32 Å². The number of benzene rings is 1. The summed E-state index contributed by atoms with van der Waals surface area (Å²) in [5, 5.41) is 3.21. The summed E-state index contributed by atoms with van der Waals surface area (Å²) < 4.78 is 4.61. The minimum absolute atomic E-state index is 0.293. The van der Waals surface area contributed by atoms with E-state index in [1.807, 2.05) is 0 Å². The lowest BCUT2D eigenvalue weighted by Crippen LogP contribution is -2.33. The number of methoxy groups -OCH3 is 1. The van der Waals surface area contributed by atoms with E-state index in [2.05, 4.69) is 10.1 Å². The highest BCUT2D eigenvalue weighted by atomic mass is 35.5. The molecule has 0 heterocycles. The third kappa shape index (κ3) is 3.61. The summed E-state index contributed by atoms with van der Waals surface area (Å²) in [5.41, 5.74) is 0.443. The van der Waals surface area contributed by atoms with Crippen LogP contribution in [-0.4, -0.2) is 19.0 Å². The van der Waals surface area contributed by atoms with Crippen LogP contribution in [-0.2, 0) is 14.3 Å². The standard InChI is InChI=1S/C11H11Cl2NO3/c1-6(15)14-10(11(16)17-2)8-4-3-7(12)5-9(8)13/h3-5,10H,1-2H3,(H,14,15)/t10-/m0/s1. The number of nitrogens with one attached hydrogen (secondary N) is 1. The molecular weight excluding hydrogens is 265 g/mol. The van der Waals surface area contributed by atoms with E-state index in [1.54, 1.807) is 12.1 Å². The number of carbonyl (C=O) groups is 2. The molecule has 0 saturated carbocycles. The molecule has 92 valence electrons. The Labute approximate surface area is 109 Å². The summed E-state index contributed by atoms with van der Waals surface area (Å²) >= 11 is 11.7. The first kappa shape index (κ1) is 13.8. The van der Waals surface area contributed by atoms with Crippen molar-refractivity contribution in [1.29, 1.82) is 0 Å². The lowest BCUT2D eigenvalue weighted by atomic mass is 10.1. The summed E-state index contributed by atoms with van der Waals surface area (Å²) in [4.78, 5) is 22.6. The monoisotopic (exact) mass is 275 g/mol. The fourth-order valence-electron chi connectivity index (χ4n) is 1.32. The Balaban J connectivity index is 3.12. The molecule has 0 aromatic heterocycles. The summed E-state index contributed by atoms with van der Waals surface area (Å²) in [6, 6.07) is 3.72. The van der Waals surface area contributed by atoms with Crippen LogP contribution in [0.2, 0.25) is 10.0 Å². The Morgan fingerprint density at radius 1 is 1.35 bits per heavy atom. The molecule has 1 atom stereocenters. The molecule has 0 saturated heterocycles. The zero-order valence-corrected chi connectivity index (χ0v) is 10.8. The predicted molar refractivity (Wildman–Crippen MR) is 65.0 cm³/mol. The van der Waals surface area contributed by atoms with E-state index >= 15 is 0 Å². The Morgan fingerprint density at radius 2 is 2.00 bits per heavy atom. The molecule has 0 bridgehead atoms. The molecule has 6 heteroatoms. The Bertz CT molecular complexity index is 448. The highest BCUT2D eigenvalue weighted by Gasteiger charge is 2.24. The molecule has 4 nitrogen and oxygen atoms in total. The van der Waals surface area contributed by atoms with Crippen molar-refractivity contribution in [3.05, 3.63) is 33.8 Å². The first-order chi connectivity index (χ1) is 7.95. The number of esters is 1. The summed E-state index contributed by atoms with van der Waals surface area (Å²) in [6.07, 6.45) is 0. The van der Waals surface area contributed by atoms with Crippen LogP contribution in [0.1, 0.15) is 18.5 Å². The molecule has 0 fully saturated rings. The second-order valence-corrected chi connectivity index (χ2v) is 4.17. The predicted octanol–water partition coefficient (Wildman–Crippen LogP) is 2.34. The number of hydrogen-bond acceptors (Lipinski definition) is 3. The molecule has 0 aliphatic rings. The van der Waals surface area contributed by atoms with E-state index < -0.39 is 12.0 Å². The van der Waals surface area contributed by atoms with Crippen LogP contribution in [0.25, 0.3) is 0 Å². The van der Waals surface area contributed by atoms with Gasteiger partial charge in [0.25, 0.3) is 0 Å². The molecular formula is C11H11Cl2NO3. The van der Waals surface area contributed by atoms with E-state index in [0.717, 1.165) is 0 Å². The van der Waals surface area contributed by atoms with E-state index in [1.165, 1.54) is 20.1 Å². The molecule has 1 N–H and O–H groups in total. The van der Waals surface area contributed by atoms with Crippen LogP contribution in [0.3, 0.4) is 0 Å². The largest absolute Gasteiger partial charge is 0.467 e. The zero-order valence-electron chi connectivity index (χ0n) is 9.29. The molecule has 1 rings (SSSR count). The van der Waals surface area contributed by atoms with Crippen molar-refractivity contribution in [3.63, 3.8) is 0 Å². The zero-order chi connectivity index (χ0) is 13.0. The highest BCUT2D eigenvalue weighted by molar-refractivity contribution is 6.35. The van der Waals surface area contributed by atoms with E-state index in [9.17, 15) is 9.59 Å². The Kier molecular flexibility index (Phi) is 4.78. The van der Waals surface area contributed by atoms with E-state index in [0.29, 0.717) is 15.6 Å². The van der Waals surface area contributed by atoms with Crippen molar-refractivity contribution in [3.8, 4) is 0 Å². The third-order valence-electron chi connectivity index (χ3n) is 2.06. The average molecular weight is 276 g/mol. The first-order valence-corrected chi connectivity index (χ1v) is 5.51. The maximum atomic E-state index is 11.6. The van der Waals surface area contributed by atoms with Crippen LogP contribution in [0.5, 0.6) is 0 Å². The van der Waals surface area contributed by atoms with Crippen molar-refractivity contribution < 1.29 is 14.3 Å². The van der Waals surface area contributed by atoms with Crippen LogP contribution in [0, 0.1) is 0 Å². The number of carbonyl (C=O) groups excluding carboxylic acids is 2. The summed E-state index contributed by atoms with van der Waals surface area (Å²) in [5.74, 6) is -0.948. The van der Waals surface area contributed by atoms with Crippen LogP contribution in [0.15, 0.2) is 18.2 Å². The molecule has 0 unspecified atom stereocenters. The van der Waals surface area contributed by atoms with Crippen molar-refractivity contribution in [2.45, 2.75) is 13.0 Å². The second-order valence-electron chi connectivity index (χ2n) is 3.32. The lowest BCUT2D eigenvalue weighted by molar-refractivity contribution is -0.145. The Hall–Kier alpha value is -1.26. The van der Waals surface area contributed by atoms with Gasteiger partial charge in [-0.1, -0.05) is 29.3 Å². The lowest BCUT2D eigenvalue weighted by Gasteiger charge is -2.17. The van der Waals surface area contributed by atoms with E-state index in [-0.39, 0.29) is 5.91 Å². The SMILES string of the molecule is COC(=O)[C@@H](NC(C)=O)c1ccc(Cl)cc1Cl. The Morgan fingerprint density at radius 3 is 2.47 bits per heavy atom. The average Bonchev–Trinajstić information content (AvgIpc) is 2.25. The minimum atomic E-state index is -0.928. The number of halogens is 2. The molecule has 0 spiro atoms. The molecule has 1 aromatic rings. The van der Waals surface area contributed by atoms with Crippen molar-refractivity contribution >= 4 is 35.1 Å². The van der Waals surface area contributed by atoms with Crippen molar-refractivity contribution in [2.75, 3.05) is 7.11 Å². The van der Waals surface area contributed by atoms with Crippen LogP contribution in [0.4, 0.5) is 0 Å². The van der Waals surface area contributed by atoms with Gasteiger partial charge in [-0.3, -0.25) is 4.79 Å². The molecule has 0 radical (unpaired) electrons. The number of ether oxygens (including phenoxy) is 1. The second kappa shape index (κ2) is 5.89. The van der Waals surface area contributed by atoms with Crippen molar-refractivity contribution in [2.24, 2.45) is 0 Å². The van der Waals surface area contributed by atoms with Gasteiger partial charge in [-0.05, 0) is 12.1 Å². The molecule has 1 aromatic carbocycles. The summed E-state index contributed by atoms with van der Waals surface area (Å²) in [6.45, 7) is 1.31. The number of rotatable bonds is 3. The van der Waals surface area contributed by atoms with Gasteiger partial charge in [-0.25, -0.2) is 4.79 Å². The highest BCUT2D eigenvalue weighted by Crippen LogP contribution is 2.27. The topological polar surface area (TPSA) is 55.4 Å². The van der Waals surface area contributed by atoms with Gasteiger partial charge < -0.3 is 10.1 Å². The van der Waals surface area contributed by atoms with Crippen LogP contribution >= 0.6 is 23.2 Å².